The number of anilines is 2. The Kier molecular flexibility index (Phi) is 9.22. The lowest BCUT2D eigenvalue weighted by atomic mass is 10.0. The minimum Gasteiger partial charge on any atom is -0.391 e. The van der Waals surface area contributed by atoms with Gasteiger partial charge in [-0.3, -0.25) is 13.9 Å². The number of imidazole rings is 1. The Morgan fingerprint density at radius 1 is 1.20 bits per heavy atom. The number of benzene rings is 1. The maximum atomic E-state index is 13.8. The number of hydrogen-bond donors (Lipinski definition) is 5. The van der Waals surface area contributed by atoms with Crippen LogP contribution in [0.5, 0.6) is 0 Å². The van der Waals surface area contributed by atoms with E-state index in [2.05, 4.69) is 25.7 Å². The Hall–Kier alpha value is -4.05. The highest BCUT2D eigenvalue weighted by Crippen LogP contribution is 2.37. The smallest absolute Gasteiger partial charge is 0.391 e. The van der Waals surface area contributed by atoms with Gasteiger partial charge in [-0.2, -0.15) is 18.3 Å². The fraction of sp³-hybridized carbons (Fsp3) is 0.385. The molecule has 4 aromatic rings. The van der Waals surface area contributed by atoms with Crippen LogP contribution in [0.3, 0.4) is 0 Å². The first kappa shape index (κ1) is 29.9. The van der Waals surface area contributed by atoms with Crippen molar-refractivity contribution in [2.24, 2.45) is 0 Å². The molecule has 12 nitrogen and oxygen atoms in total. The quantitative estimate of drug-likeness (QED) is 0.126. The summed E-state index contributed by atoms with van der Waals surface area (Å²) >= 11 is 0. The van der Waals surface area contributed by atoms with E-state index in [1.54, 1.807) is 25.1 Å². The van der Waals surface area contributed by atoms with Crippen LogP contribution in [0.1, 0.15) is 35.5 Å². The number of nitrogens with zero attached hydrogens (tertiary/aromatic N) is 5. The van der Waals surface area contributed by atoms with Crippen LogP contribution in [-0.4, -0.2) is 77.5 Å². The van der Waals surface area contributed by atoms with Gasteiger partial charge in [0.25, 0.3) is 5.91 Å². The van der Waals surface area contributed by atoms with E-state index in [0.29, 0.717) is 17.7 Å². The zero-order chi connectivity index (χ0) is 29.7. The zero-order valence-electron chi connectivity index (χ0n) is 22.3. The molecule has 1 amide bonds. The molecular weight excluding hydrogens is 547 g/mol. The highest BCUT2D eigenvalue weighted by molar-refractivity contribution is 5.96. The van der Waals surface area contributed by atoms with E-state index < -0.39 is 30.8 Å². The number of ether oxygens (including phenoxy) is 1. The van der Waals surface area contributed by atoms with E-state index in [4.69, 9.17) is 4.74 Å². The van der Waals surface area contributed by atoms with Crippen molar-refractivity contribution >= 4 is 23.1 Å². The van der Waals surface area contributed by atoms with E-state index in [0.717, 1.165) is 16.4 Å². The lowest BCUT2D eigenvalue weighted by Crippen LogP contribution is -2.28. The molecule has 5 N–H and O–H groups in total. The van der Waals surface area contributed by atoms with Crippen molar-refractivity contribution in [2.75, 3.05) is 25.1 Å². The van der Waals surface area contributed by atoms with Crippen LogP contribution in [0.4, 0.5) is 24.7 Å². The Labute approximate surface area is 232 Å². The summed E-state index contributed by atoms with van der Waals surface area (Å²) in [6.45, 7) is 3.67. The summed E-state index contributed by atoms with van der Waals surface area (Å²) in [5, 5.41) is 37.0. The predicted molar refractivity (Wildman–Crippen MR) is 141 cm³/mol. The average molecular weight is 578 g/mol. The molecule has 0 aliphatic carbocycles. The van der Waals surface area contributed by atoms with Crippen LogP contribution in [0.25, 0.3) is 16.9 Å². The van der Waals surface area contributed by atoms with Crippen LogP contribution in [-0.2, 0) is 23.9 Å². The van der Waals surface area contributed by atoms with Crippen molar-refractivity contribution < 1.29 is 38.0 Å². The molecule has 1 aromatic carbocycles. The number of hydrogen-bond acceptors (Lipinski definition) is 9. The number of carbonyl (C=O) groups excluding carboxylic acids is 1. The topological polar surface area (TPSA) is 159 Å². The number of aromatic nitrogens is 5. The summed E-state index contributed by atoms with van der Waals surface area (Å²) in [5.41, 5.74) is 0.654. The van der Waals surface area contributed by atoms with E-state index in [-0.39, 0.29) is 48.4 Å². The first-order chi connectivity index (χ1) is 19.5. The maximum absolute atomic E-state index is 13.8. The van der Waals surface area contributed by atoms with Crippen LogP contribution in [0, 0.1) is 0 Å². The minimum absolute atomic E-state index is 0.0788. The van der Waals surface area contributed by atoms with E-state index in [1.165, 1.54) is 23.0 Å². The molecule has 0 bridgehead atoms. The Bertz CT molecular complexity index is 1500. The number of alkyl halides is 3. The van der Waals surface area contributed by atoms with Gasteiger partial charge in [0.2, 0.25) is 0 Å². The lowest BCUT2D eigenvalue weighted by Gasteiger charge is -2.13. The van der Waals surface area contributed by atoms with Gasteiger partial charge in [0.1, 0.15) is 0 Å². The van der Waals surface area contributed by atoms with Crippen molar-refractivity contribution in [3.8, 4) is 11.3 Å². The number of amides is 1. The van der Waals surface area contributed by atoms with Gasteiger partial charge in [-0.05, 0) is 37.1 Å². The van der Waals surface area contributed by atoms with Gasteiger partial charge < -0.3 is 30.7 Å². The molecular formula is C26H30F3N7O5. The third-order valence-electron chi connectivity index (χ3n) is 5.97. The second-order valence-corrected chi connectivity index (χ2v) is 9.24. The Morgan fingerprint density at radius 2 is 1.98 bits per heavy atom. The van der Waals surface area contributed by atoms with Gasteiger partial charge in [-0.15, -0.1) is 0 Å². The Balaban J connectivity index is 1.57. The van der Waals surface area contributed by atoms with E-state index in [9.17, 15) is 33.3 Å². The zero-order valence-corrected chi connectivity index (χ0v) is 22.3. The molecule has 0 aliphatic rings. The summed E-state index contributed by atoms with van der Waals surface area (Å²) < 4.78 is 48.7. The molecule has 0 fully saturated rings. The number of aliphatic hydroxyl groups excluding tert-OH is 2. The fourth-order valence-electron chi connectivity index (χ4n) is 4.19. The first-order valence-corrected chi connectivity index (χ1v) is 12.7. The van der Waals surface area contributed by atoms with Crippen LogP contribution < -0.4 is 10.6 Å². The molecule has 0 spiro atoms. The molecule has 0 unspecified atom stereocenters. The van der Waals surface area contributed by atoms with Gasteiger partial charge in [0.05, 0.1) is 43.3 Å². The highest BCUT2D eigenvalue weighted by Gasteiger charge is 2.38. The van der Waals surface area contributed by atoms with Crippen molar-refractivity contribution in [1.29, 1.82) is 0 Å². The van der Waals surface area contributed by atoms with E-state index in [1.807, 2.05) is 6.92 Å². The van der Waals surface area contributed by atoms with Gasteiger partial charge >= 0.3 is 6.18 Å². The molecule has 15 heteroatoms. The summed E-state index contributed by atoms with van der Waals surface area (Å²) in [6, 6.07) is 5.11. The Morgan fingerprint density at radius 3 is 2.66 bits per heavy atom. The summed E-state index contributed by atoms with van der Waals surface area (Å²) in [5.74, 6) is -0.0121. The van der Waals surface area contributed by atoms with Crippen molar-refractivity contribution in [3.05, 3.63) is 59.8 Å². The van der Waals surface area contributed by atoms with E-state index >= 15 is 0 Å². The molecule has 0 radical (unpaired) electrons. The molecule has 220 valence electrons. The molecule has 0 aliphatic heterocycles. The number of carbonyl (C=O) groups is 1. The molecule has 1 atom stereocenters. The third kappa shape index (κ3) is 7.18. The second-order valence-electron chi connectivity index (χ2n) is 9.24. The predicted octanol–water partition coefficient (Wildman–Crippen LogP) is 2.36. The number of rotatable bonds is 12. The number of halogens is 3. The lowest BCUT2D eigenvalue weighted by molar-refractivity contribution is -0.141. The SMILES string of the molecule is CCc1cc(Nc2nccn3c(-c4cn(CC(O)O)nc4C(F)(F)F)cnc23)ccc1C(=O)NCCOC[C@@H](C)O. The van der Waals surface area contributed by atoms with Crippen LogP contribution in [0.15, 0.2) is 43.0 Å². The minimum atomic E-state index is -4.80. The van der Waals surface area contributed by atoms with Crippen molar-refractivity contribution in [3.63, 3.8) is 0 Å². The summed E-state index contributed by atoms with van der Waals surface area (Å²) in [4.78, 5) is 21.3. The number of fused-ring (bicyclic) bond motifs is 1. The molecule has 4 rings (SSSR count). The number of nitrogens with one attached hydrogen (secondary N) is 2. The fourth-order valence-corrected chi connectivity index (χ4v) is 4.19. The second kappa shape index (κ2) is 12.6. The largest absolute Gasteiger partial charge is 0.435 e. The average Bonchev–Trinajstić information content (AvgIpc) is 3.52. The van der Waals surface area contributed by atoms with Crippen molar-refractivity contribution in [2.45, 2.75) is 45.4 Å². The van der Waals surface area contributed by atoms with Gasteiger partial charge in [-0.1, -0.05) is 6.92 Å². The first-order valence-electron chi connectivity index (χ1n) is 12.7. The monoisotopic (exact) mass is 577 g/mol. The number of aliphatic hydroxyl groups is 3. The summed E-state index contributed by atoms with van der Waals surface area (Å²) in [7, 11) is 0. The van der Waals surface area contributed by atoms with Gasteiger partial charge in [-0.25, -0.2) is 9.97 Å². The van der Waals surface area contributed by atoms with Gasteiger partial charge in [0, 0.05) is 36.4 Å². The third-order valence-corrected chi connectivity index (χ3v) is 5.97. The molecule has 3 heterocycles. The van der Waals surface area contributed by atoms with Crippen molar-refractivity contribution in [1.82, 2.24) is 29.5 Å². The standard InChI is InChI=1S/C26H30F3N7O5/c1-3-16-10-17(4-5-18(16)25(40)31-7-9-41-14-15(2)37)33-23-24-32-11-20(36(24)8-6-30-23)19-12-35(13-21(38)39)34-22(19)26(27,28)29/h4-6,8,10-12,15,21,37-39H,3,7,9,13-14H2,1-2H3,(H,30,33)(H,31,40)/t15-/m1/s1. The molecule has 0 saturated carbocycles. The van der Waals surface area contributed by atoms with Crippen LogP contribution in [0.2, 0.25) is 0 Å². The van der Waals surface area contributed by atoms with Gasteiger partial charge in [0.15, 0.2) is 23.4 Å². The van der Waals surface area contributed by atoms with Crippen LogP contribution >= 0.6 is 0 Å². The maximum Gasteiger partial charge on any atom is 0.435 e. The highest BCUT2D eigenvalue weighted by atomic mass is 19.4. The molecule has 3 aromatic heterocycles. The summed E-state index contributed by atoms with van der Waals surface area (Å²) in [6.07, 6.45) is -1.53. The molecule has 0 saturated heterocycles. The normalized spacial score (nSPS) is 12.7. The number of aryl methyl sites for hydroxylation is 1. The molecule has 41 heavy (non-hydrogen) atoms.